The van der Waals surface area contributed by atoms with E-state index in [2.05, 4.69) is 14.9 Å². The first kappa shape index (κ1) is 11.5. The van der Waals surface area contributed by atoms with Crippen molar-refractivity contribution in [2.45, 2.75) is 5.03 Å². The third kappa shape index (κ3) is 1.96. The molecule has 0 saturated heterocycles. The van der Waals surface area contributed by atoms with E-state index in [0.717, 1.165) is 0 Å². The van der Waals surface area contributed by atoms with Crippen LogP contribution in [0.15, 0.2) is 23.5 Å². The topological polar surface area (TPSA) is 108 Å². The average Bonchev–Trinajstić information content (AvgIpc) is 2.79. The van der Waals surface area contributed by atoms with Crippen molar-refractivity contribution in [3.05, 3.63) is 18.5 Å². The maximum absolute atomic E-state index is 12.0. The Balaban J connectivity index is 2.40. The van der Waals surface area contributed by atoms with Crippen molar-refractivity contribution in [1.29, 1.82) is 0 Å². The van der Waals surface area contributed by atoms with E-state index in [1.54, 1.807) is 14.1 Å². The highest BCUT2D eigenvalue weighted by atomic mass is 32.2. The van der Waals surface area contributed by atoms with Crippen LogP contribution in [0, 0.1) is 0 Å². The minimum atomic E-state index is -3.71. The molecule has 2 heterocycles. The van der Waals surface area contributed by atoms with Gasteiger partial charge >= 0.3 is 0 Å². The van der Waals surface area contributed by atoms with Gasteiger partial charge in [-0.15, -0.1) is 0 Å². The summed E-state index contributed by atoms with van der Waals surface area (Å²) in [5.74, 6) is 0.228. The number of nitrogens with zero attached hydrogens (tertiary/aromatic N) is 4. The van der Waals surface area contributed by atoms with Crippen LogP contribution in [-0.4, -0.2) is 28.0 Å². The van der Waals surface area contributed by atoms with Gasteiger partial charge in [-0.25, -0.2) is 0 Å². The molecule has 92 valence electrons. The molecule has 0 aliphatic heterocycles. The Labute approximate surface area is 98.1 Å². The van der Waals surface area contributed by atoms with Crippen LogP contribution in [0.3, 0.4) is 0 Å². The van der Waals surface area contributed by atoms with Crippen molar-refractivity contribution >= 4 is 21.5 Å². The first-order valence-corrected chi connectivity index (χ1v) is 6.18. The number of aromatic nitrogens is 4. The lowest BCUT2D eigenvalue weighted by Gasteiger charge is -2.08. The number of anilines is 2. The molecule has 0 saturated carbocycles. The summed E-state index contributed by atoms with van der Waals surface area (Å²) in [5, 5.41) is 7.70. The molecule has 0 bridgehead atoms. The largest absolute Gasteiger partial charge is 0.394 e. The fourth-order valence-corrected chi connectivity index (χ4v) is 2.63. The summed E-state index contributed by atoms with van der Waals surface area (Å²) in [6.45, 7) is 0. The molecule has 0 aliphatic rings. The minimum absolute atomic E-state index is 0.0538. The number of hydrogen-bond acceptors (Lipinski definition) is 5. The number of aryl methyl sites for hydroxylation is 2. The van der Waals surface area contributed by atoms with Gasteiger partial charge < -0.3 is 5.73 Å². The highest BCUT2D eigenvalue weighted by Gasteiger charge is 2.20. The van der Waals surface area contributed by atoms with Crippen LogP contribution in [0.4, 0.5) is 11.5 Å². The molecule has 0 atom stereocenters. The zero-order valence-electron chi connectivity index (χ0n) is 9.32. The van der Waals surface area contributed by atoms with Crippen LogP contribution in [0.2, 0.25) is 0 Å². The predicted octanol–water partition coefficient (Wildman–Crippen LogP) is -0.463. The Morgan fingerprint density at radius 2 is 2.00 bits per heavy atom. The molecule has 2 aromatic rings. The second-order valence-electron chi connectivity index (χ2n) is 3.47. The van der Waals surface area contributed by atoms with E-state index in [0.29, 0.717) is 0 Å². The Kier molecular flexibility index (Phi) is 2.54. The van der Waals surface area contributed by atoms with Gasteiger partial charge in [-0.3, -0.25) is 14.1 Å². The number of sulfonamides is 1. The van der Waals surface area contributed by atoms with Crippen molar-refractivity contribution < 1.29 is 8.42 Å². The van der Waals surface area contributed by atoms with Crippen LogP contribution in [-0.2, 0) is 24.1 Å². The molecule has 2 aromatic heterocycles. The van der Waals surface area contributed by atoms with Crippen molar-refractivity contribution in [3.63, 3.8) is 0 Å². The predicted molar refractivity (Wildman–Crippen MR) is 61.6 cm³/mol. The number of hydrogen-bond donors (Lipinski definition) is 2. The van der Waals surface area contributed by atoms with Gasteiger partial charge in [0.05, 0.1) is 18.1 Å². The molecule has 0 spiro atoms. The second-order valence-corrected chi connectivity index (χ2v) is 5.10. The van der Waals surface area contributed by atoms with Crippen molar-refractivity contribution in [2.75, 3.05) is 10.5 Å². The molecule has 17 heavy (non-hydrogen) atoms. The Morgan fingerprint density at radius 3 is 2.47 bits per heavy atom. The zero-order valence-corrected chi connectivity index (χ0v) is 10.1. The van der Waals surface area contributed by atoms with Crippen molar-refractivity contribution in [2.24, 2.45) is 14.1 Å². The molecule has 0 aliphatic carbocycles. The summed E-state index contributed by atoms with van der Waals surface area (Å²) in [4.78, 5) is 0. The first-order valence-electron chi connectivity index (χ1n) is 4.70. The van der Waals surface area contributed by atoms with E-state index in [1.165, 1.54) is 27.8 Å². The molecular weight excluding hydrogens is 244 g/mol. The average molecular weight is 256 g/mol. The van der Waals surface area contributed by atoms with E-state index in [1.807, 2.05) is 0 Å². The van der Waals surface area contributed by atoms with Crippen LogP contribution in [0.5, 0.6) is 0 Å². The summed E-state index contributed by atoms with van der Waals surface area (Å²) in [6, 6.07) is 1.40. The van der Waals surface area contributed by atoms with Gasteiger partial charge in [0.15, 0.2) is 10.8 Å². The molecule has 0 fully saturated rings. The molecule has 9 heteroatoms. The van der Waals surface area contributed by atoms with Gasteiger partial charge in [-0.2, -0.15) is 18.6 Å². The van der Waals surface area contributed by atoms with Crippen LogP contribution < -0.4 is 10.5 Å². The molecule has 2 rings (SSSR count). The monoisotopic (exact) mass is 256 g/mol. The highest BCUT2D eigenvalue weighted by molar-refractivity contribution is 7.92. The molecule has 0 amide bonds. The number of nitrogen functional groups attached to an aromatic ring is 1. The Hall–Kier alpha value is -2.03. The lowest BCUT2D eigenvalue weighted by Crippen LogP contribution is -2.19. The quantitative estimate of drug-likeness (QED) is 0.772. The second kappa shape index (κ2) is 3.77. The van der Waals surface area contributed by atoms with E-state index in [4.69, 9.17) is 5.73 Å². The fraction of sp³-hybridized carbons (Fsp3) is 0.250. The van der Waals surface area contributed by atoms with Crippen molar-refractivity contribution in [3.8, 4) is 0 Å². The minimum Gasteiger partial charge on any atom is -0.394 e. The van der Waals surface area contributed by atoms with E-state index in [9.17, 15) is 8.42 Å². The summed E-state index contributed by atoms with van der Waals surface area (Å²) in [6.07, 6.45) is 2.78. The maximum Gasteiger partial charge on any atom is 0.280 e. The first-order chi connectivity index (χ1) is 7.92. The smallest absolute Gasteiger partial charge is 0.280 e. The van der Waals surface area contributed by atoms with E-state index in [-0.39, 0.29) is 16.5 Å². The number of nitrogens with one attached hydrogen (secondary N) is 1. The molecule has 8 nitrogen and oxygen atoms in total. The lowest BCUT2D eigenvalue weighted by atomic mass is 10.5. The molecular formula is C8H12N6O2S. The molecule has 0 aromatic carbocycles. The van der Waals surface area contributed by atoms with Gasteiger partial charge in [0, 0.05) is 14.1 Å². The standard InChI is InChI=1S/C8H12N6O2S/c1-13-7(3-4-10-13)17(15,16)12-8-6(9)5-11-14(8)2/h3-5,12H,9H2,1-2H3. The molecule has 3 N–H and O–H groups in total. The van der Waals surface area contributed by atoms with Crippen molar-refractivity contribution in [1.82, 2.24) is 19.6 Å². The molecule has 0 radical (unpaired) electrons. The van der Waals surface area contributed by atoms with Gasteiger partial charge in [0.1, 0.15) is 0 Å². The Morgan fingerprint density at radius 1 is 1.29 bits per heavy atom. The SMILES string of the molecule is Cn1nccc1S(=O)(=O)Nc1c(N)cnn1C. The summed E-state index contributed by atoms with van der Waals surface area (Å²) < 4.78 is 29.0. The fourth-order valence-electron chi connectivity index (χ4n) is 1.38. The van der Waals surface area contributed by atoms with Gasteiger partial charge in [-0.1, -0.05) is 0 Å². The third-order valence-corrected chi connectivity index (χ3v) is 3.66. The normalized spacial score (nSPS) is 11.6. The number of rotatable bonds is 3. The summed E-state index contributed by atoms with van der Waals surface area (Å²) in [7, 11) is -0.568. The summed E-state index contributed by atoms with van der Waals surface area (Å²) in [5.41, 5.74) is 5.87. The van der Waals surface area contributed by atoms with E-state index >= 15 is 0 Å². The zero-order chi connectivity index (χ0) is 12.6. The number of nitrogens with two attached hydrogens (primary N) is 1. The summed E-state index contributed by atoms with van der Waals surface area (Å²) >= 11 is 0. The lowest BCUT2D eigenvalue weighted by molar-refractivity contribution is 0.581. The maximum atomic E-state index is 12.0. The molecule has 0 unspecified atom stereocenters. The van der Waals surface area contributed by atoms with Gasteiger partial charge in [0.2, 0.25) is 0 Å². The van der Waals surface area contributed by atoms with Crippen LogP contribution in [0.1, 0.15) is 0 Å². The van der Waals surface area contributed by atoms with E-state index < -0.39 is 10.0 Å². The Bertz CT molecular complexity index is 621. The van der Waals surface area contributed by atoms with Crippen LogP contribution in [0.25, 0.3) is 0 Å². The van der Waals surface area contributed by atoms with Gasteiger partial charge in [0.25, 0.3) is 10.0 Å². The highest BCUT2D eigenvalue weighted by Crippen LogP contribution is 2.20. The van der Waals surface area contributed by atoms with Crippen LogP contribution >= 0.6 is 0 Å². The third-order valence-electron chi connectivity index (χ3n) is 2.25. The van der Waals surface area contributed by atoms with Gasteiger partial charge in [-0.05, 0) is 6.07 Å².